The van der Waals surface area contributed by atoms with Crippen molar-refractivity contribution in [2.45, 2.75) is 26.3 Å². The highest BCUT2D eigenvalue weighted by Crippen LogP contribution is 2.15. The normalized spacial score (nSPS) is 11.2. The van der Waals surface area contributed by atoms with Gasteiger partial charge in [-0.25, -0.2) is 9.59 Å². The van der Waals surface area contributed by atoms with Crippen LogP contribution in [0.4, 0.5) is 10.5 Å². The van der Waals surface area contributed by atoms with Gasteiger partial charge in [-0.2, -0.15) is 0 Å². The zero-order valence-electron chi connectivity index (χ0n) is 10.9. The van der Waals surface area contributed by atoms with E-state index >= 15 is 0 Å². The van der Waals surface area contributed by atoms with Gasteiger partial charge in [-0.1, -0.05) is 12.8 Å². The van der Waals surface area contributed by atoms with Gasteiger partial charge in [0.25, 0.3) is 0 Å². The van der Waals surface area contributed by atoms with Gasteiger partial charge in [0.1, 0.15) is 0 Å². The van der Waals surface area contributed by atoms with Crippen LogP contribution in [0.15, 0.2) is 18.2 Å². The first kappa shape index (κ1) is 14.6. The van der Waals surface area contributed by atoms with Crippen LogP contribution in [0.25, 0.3) is 0 Å². The summed E-state index contributed by atoms with van der Waals surface area (Å²) in [5.74, 6) is 1.46. The number of benzene rings is 1. The molecule has 0 heterocycles. The topological polar surface area (TPSA) is 78.4 Å². The van der Waals surface area contributed by atoms with Gasteiger partial charge in [-0.3, -0.25) is 0 Å². The zero-order valence-corrected chi connectivity index (χ0v) is 10.9. The highest BCUT2D eigenvalue weighted by atomic mass is 16.4. The van der Waals surface area contributed by atoms with Gasteiger partial charge in [-0.15, -0.1) is 6.42 Å². The Labute approximate surface area is 112 Å². The Morgan fingerprint density at radius 3 is 2.63 bits per heavy atom. The lowest BCUT2D eigenvalue weighted by atomic mass is 10.1. The Kier molecular flexibility index (Phi) is 4.95. The highest BCUT2D eigenvalue weighted by Gasteiger charge is 2.10. The van der Waals surface area contributed by atoms with Crippen molar-refractivity contribution in [3.05, 3.63) is 29.3 Å². The Bertz CT molecular complexity index is 532. The average Bonchev–Trinajstić information content (AvgIpc) is 2.35. The van der Waals surface area contributed by atoms with Crippen molar-refractivity contribution in [3.8, 4) is 12.3 Å². The van der Waals surface area contributed by atoms with Crippen molar-refractivity contribution in [2.24, 2.45) is 0 Å². The van der Waals surface area contributed by atoms with Crippen molar-refractivity contribution in [3.63, 3.8) is 0 Å². The number of carbonyl (C=O) groups excluding carboxylic acids is 1. The van der Waals surface area contributed by atoms with Gasteiger partial charge in [0.2, 0.25) is 0 Å². The SMILES string of the molecule is C#CC(CC)NC(=O)Nc1ccc(C(=O)O)c(C)c1. The number of aryl methyl sites for hydroxylation is 1. The lowest BCUT2D eigenvalue weighted by molar-refractivity contribution is 0.0696. The molecule has 0 fully saturated rings. The largest absolute Gasteiger partial charge is 0.478 e. The number of anilines is 1. The minimum absolute atomic E-state index is 0.209. The molecule has 0 bridgehead atoms. The Hall–Kier alpha value is -2.48. The molecule has 2 amide bonds. The van der Waals surface area contributed by atoms with Gasteiger partial charge >= 0.3 is 12.0 Å². The molecule has 0 saturated heterocycles. The summed E-state index contributed by atoms with van der Waals surface area (Å²) in [5.41, 5.74) is 1.31. The van der Waals surface area contributed by atoms with E-state index in [1.807, 2.05) is 6.92 Å². The molecule has 1 aromatic rings. The molecule has 5 nitrogen and oxygen atoms in total. The third kappa shape index (κ3) is 4.03. The summed E-state index contributed by atoms with van der Waals surface area (Å²) in [5, 5.41) is 14.1. The van der Waals surface area contributed by atoms with Crippen molar-refractivity contribution in [2.75, 3.05) is 5.32 Å². The van der Waals surface area contributed by atoms with E-state index in [2.05, 4.69) is 16.6 Å². The van der Waals surface area contributed by atoms with Crippen LogP contribution in [0.5, 0.6) is 0 Å². The molecule has 1 aromatic carbocycles. The number of urea groups is 1. The average molecular weight is 260 g/mol. The van der Waals surface area contributed by atoms with E-state index in [1.165, 1.54) is 12.1 Å². The molecule has 0 aliphatic rings. The highest BCUT2D eigenvalue weighted by molar-refractivity contribution is 5.93. The fraction of sp³-hybridized carbons (Fsp3) is 0.286. The van der Waals surface area contributed by atoms with Crippen LogP contribution in [0.3, 0.4) is 0 Å². The van der Waals surface area contributed by atoms with Crippen LogP contribution in [0.1, 0.15) is 29.3 Å². The van der Waals surface area contributed by atoms with Crippen molar-refractivity contribution >= 4 is 17.7 Å². The van der Waals surface area contributed by atoms with E-state index < -0.39 is 12.0 Å². The van der Waals surface area contributed by atoms with Gasteiger partial charge < -0.3 is 15.7 Å². The minimum Gasteiger partial charge on any atom is -0.478 e. The number of carbonyl (C=O) groups is 2. The monoisotopic (exact) mass is 260 g/mol. The summed E-state index contributed by atoms with van der Waals surface area (Å²) in [6.07, 6.45) is 5.88. The molecular formula is C14H16N2O3. The smallest absolute Gasteiger partial charge is 0.335 e. The Balaban J connectivity index is 2.73. The van der Waals surface area contributed by atoms with E-state index in [4.69, 9.17) is 11.5 Å². The number of nitrogens with one attached hydrogen (secondary N) is 2. The quantitative estimate of drug-likeness (QED) is 0.726. The first-order valence-corrected chi connectivity index (χ1v) is 5.85. The van der Waals surface area contributed by atoms with E-state index in [1.54, 1.807) is 13.0 Å². The molecule has 0 aliphatic carbocycles. The minimum atomic E-state index is -0.994. The van der Waals surface area contributed by atoms with E-state index in [-0.39, 0.29) is 11.6 Å². The predicted octanol–water partition coefficient (Wildman–Crippen LogP) is 2.23. The number of amides is 2. The summed E-state index contributed by atoms with van der Waals surface area (Å²) in [6, 6.07) is 3.85. The van der Waals surface area contributed by atoms with Crippen LogP contribution >= 0.6 is 0 Å². The molecule has 0 radical (unpaired) electrons. The standard InChI is InChI=1S/C14H16N2O3/c1-4-10(5-2)15-14(19)16-11-6-7-12(13(17)18)9(3)8-11/h1,6-8,10H,5H2,2-3H3,(H,17,18)(H2,15,16,19). The fourth-order valence-corrected chi connectivity index (χ4v) is 1.57. The van der Waals surface area contributed by atoms with Crippen LogP contribution in [0.2, 0.25) is 0 Å². The van der Waals surface area contributed by atoms with Gasteiger partial charge in [0, 0.05) is 5.69 Å². The number of carboxylic acid groups (broad SMARTS) is 1. The number of hydrogen-bond acceptors (Lipinski definition) is 2. The van der Waals surface area contributed by atoms with E-state index in [0.29, 0.717) is 17.7 Å². The molecule has 1 unspecified atom stereocenters. The molecule has 1 atom stereocenters. The van der Waals surface area contributed by atoms with Crippen LogP contribution in [0, 0.1) is 19.3 Å². The summed E-state index contributed by atoms with van der Waals surface area (Å²) in [6.45, 7) is 3.54. The Morgan fingerprint density at radius 1 is 1.47 bits per heavy atom. The van der Waals surface area contributed by atoms with Crippen LogP contribution < -0.4 is 10.6 Å². The van der Waals surface area contributed by atoms with Crippen LogP contribution in [-0.2, 0) is 0 Å². The second-order valence-electron chi connectivity index (χ2n) is 4.06. The van der Waals surface area contributed by atoms with E-state index in [9.17, 15) is 9.59 Å². The lowest BCUT2D eigenvalue weighted by Crippen LogP contribution is -2.36. The molecule has 0 spiro atoms. The maximum Gasteiger partial charge on any atom is 0.335 e. The number of carboxylic acids is 1. The predicted molar refractivity (Wildman–Crippen MR) is 73.2 cm³/mol. The summed E-state index contributed by atoms with van der Waals surface area (Å²) >= 11 is 0. The number of aromatic carboxylic acids is 1. The first-order valence-electron chi connectivity index (χ1n) is 5.85. The maximum atomic E-state index is 11.6. The van der Waals surface area contributed by atoms with Crippen molar-refractivity contribution < 1.29 is 14.7 Å². The number of terminal acetylenes is 1. The molecule has 0 saturated carbocycles. The molecule has 0 aromatic heterocycles. The molecule has 5 heteroatoms. The zero-order chi connectivity index (χ0) is 14.4. The van der Waals surface area contributed by atoms with E-state index in [0.717, 1.165) is 0 Å². The molecule has 100 valence electrons. The van der Waals surface area contributed by atoms with Crippen molar-refractivity contribution in [1.82, 2.24) is 5.32 Å². The van der Waals surface area contributed by atoms with Gasteiger partial charge in [0.05, 0.1) is 11.6 Å². The molecule has 3 N–H and O–H groups in total. The number of rotatable bonds is 4. The summed E-state index contributed by atoms with van der Waals surface area (Å²) in [7, 11) is 0. The van der Waals surface area contributed by atoms with Gasteiger partial charge in [-0.05, 0) is 37.1 Å². The maximum absolute atomic E-state index is 11.6. The second kappa shape index (κ2) is 6.45. The third-order valence-corrected chi connectivity index (χ3v) is 2.63. The molecular weight excluding hydrogens is 244 g/mol. The molecule has 19 heavy (non-hydrogen) atoms. The summed E-state index contributed by atoms with van der Waals surface area (Å²) < 4.78 is 0. The Morgan fingerprint density at radius 2 is 2.16 bits per heavy atom. The molecule has 1 rings (SSSR count). The number of hydrogen-bond donors (Lipinski definition) is 3. The lowest BCUT2D eigenvalue weighted by Gasteiger charge is -2.12. The first-order chi connectivity index (χ1) is 8.97. The van der Waals surface area contributed by atoms with Gasteiger partial charge in [0.15, 0.2) is 0 Å². The fourth-order valence-electron chi connectivity index (χ4n) is 1.57. The second-order valence-corrected chi connectivity index (χ2v) is 4.06. The third-order valence-electron chi connectivity index (χ3n) is 2.63. The van der Waals surface area contributed by atoms with Crippen LogP contribution in [-0.4, -0.2) is 23.1 Å². The summed E-state index contributed by atoms with van der Waals surface area (Å²) in [4.78, 5) is 22.5. The van der Waals surface area contributed by atoms with Crippen molar-refractivity contribution in [1.29, 1.82) is 0 Å². The molecule has 0 aliphatic heterocycles.